The van der Waals surface area contributed by atoms with Gasteiger partial charge in [0.1, 0.15) is 0 Å². The number of hydrogen-bond donors (Lipinski definition) is 0. The Morgan fingerprint density at radius 1 is 0.824 bits per heavy atom. The van der Waals surface area contributed by atoms with Gasteiger partial charge in [-0.15, -0.1) is 0 Å². The van der Waals surface area contributed by atoms with Crippen LogP contribution in [0.3, 0.4) is 0 Å². The smallest absolute Gasteiger partial charge is 0.0448 e. The van der Waals surface area contributed by atoms with E-state index in [2.05, 4.69) is 59.5 Å². The van der Waals surface area contributed by atoms with Crippen LogP contribution in [0.5, 0.6) is 0 Å². The molecule has 0 fully saturated rings. The summed E-state index contributed by atoms with van der Waals surface area (Å²) in [6, 6.07) is 20.5. The van der Waals surface area contributed by atoms with Crippen LogP contribution in [0.1, 0.15) is 0 Å². The van der Waals surface area contributed by atoms with Gasteiger partial charge in [-0.2, -0.15) is 0 Å². The van der Waals surface area contributed by atoms with E-state index in [1.165, 1.54) is 21.5 Å². The topological polar surface area (TPSA) is 3.24 Å². The molecule has 0 amide bonds. The summed E-state index contributed by atoms with van der Waals surface area (Å²) in [5, 5.41) is 5.03. The number of benzene rings is 3. The van der Waals surface area contributed by atoms with E-state index in [1.807, 2.05) is 14.1 Å². The first-order valence-corrected chi connectivity index (χ1v) is 5.77. The van der Waals surface area contributed by atoms with E-state index in [-0.39, 0.29) is 0 Å². The van der Waals surface area contributed by atoms with Crippen LogP contribution < -0.4 is 4.90 Å². The summed E-state index contributed by atoms with van der Waals surface area (Å²) in [6.45, 7) is 0. The Bertz CT molecular complexity index is 683. The quantitative estimate of drug-likeness (QED) is 0.563. The van der Waals surface area contributed by atoms with Crippen molar-refractivity contribution in [2.45, 2.75) is 0 Å². The van der Waals surface area contributed by atoms with Crippen LogP contribution >= 0.6 is 0 Å². The highest BCUT2D eigenvalue weighted by Gasteiger charge is 2.02. The molecule has 0 aliphatic carbocycles. The zero-order chi connectivity index (χ0) is 11.8. The van der Waals surface area contributed by atoms with Crippen molar-refractivity contribution in [1.82, 2.24) is 0 Å². The van der Waals surface area contributed by atoms with Crippen molar-refractivity contribution in [2.75, 3.05) is 19.0 Å². The SMILES string of the molecule is CN(C)c1[c]c2ccc3ccccc3c2cc1. The second kappa shape index (κ2) is 3.77. The largest absolute Gasteiger partial charge is 0.377 e. The maximum absolute atomic E-state index is 3.44. The van der Waals surface area contributed by atoms with Crippen LogP contribution in [0.2, 0.25) is 0 Å². The second-order valence-corrected chi connectivity index (χ2v) is 4.49. The second-order valence-electron chi connectivity index (χ2n) is 4.49. The highest BCUT2D eigenvalue weighted by atomic mass is 15.1. The first kappa shape index (κ1) is 10.2. The molecule has 1 radical (unpaired) electrons. The molecule has 0 atom stereocenters. The van der Waals surface area contributed by atoms with Gasteiger partial charge in [0.25, 0.3) is 0 Å². The molecule has 0 aliphatic heterocycles. The first-order valence-electron chi connectivity index (χ1n) is 5.77. The molecule has 0 aromatic heterocycles. The molecule has 3 rings (SSSR count). The molecule has 0 saturated heterocycles. The predicted octanol–water partition coefficient (Wildman–Crippen LogP) is 3.86. The Labute approximate surface area is 101 Å². The van der Waals surface area contributed by atoms with Gasteiger partial charge in [0.15, 0.2) is 0 Å². The molecule has 1 nitrogen and oxygen atoms in total. The minimum Gasteiger partial charge on any atom is -0.377 e. The number of rotatable bonds is 1. The summed E-state index contributed by atoms with van der Waals surface area (Å²) >= 11 is 0. The third kappa shape index (κ3) is 1.64. The van der Waals surface area contributed by atoms with Crippen molar-refractivity contribution in [3.05, 3.63) is 54.6 Å². The van der Waals surface area contributed by atoms with E-state index in [1.54, 1.807) is 0 Å². The van der Waals surface area contributed by atoms with Crippen molar-refractivity contribution in [3.8, 4) is 0 Å². The van der Waals surface area contributed by atoms with Gasteiger partial charge < -0.3 is 4.90 Å². The molecule has 0 spiro atoms. The molecule has 83 valence electrons. The molecule has 1 heteroatoms. The predicted molar refractivity (Wildman–Crippen MR) is 74.6 cm³/mol. The van der Waals surface area contributed by atoms with Gasteiger partial charge in [0.2, 0.25) is 0 Å². The fraction of sp³-hybridized carbons (Fsp3) is 0.125. The normalized spacial score (nSPS) is 10.9. The molecule has 3 aromatic rings. The van der Waals surface area contributed by atoms with E-state index in [0.717, 1.165) is 5.69 Å². The van der Waals surface area contributed by atoms with Crippen molar-refractivity contribution < 1.29 is 0 Å². The lowest BCUT2D eigenvalue weighted by Crippen LogP contribution is -2.08. The van der Waals surface area contributed by atoms with Crippen molar-refractivity contribution >= 4 is 27.2 Å². The third-order valence-corrected chi connectivity index (χ3v) is 3.12. The van der Waals surface area contributed by atoms with E-state index in [4.69, 9.17) is 0 Å². The minimum atomic E-state index is 1.12. The van der Waals surface area contributed by atoms with Gasteiger partial charge in [-0.05, 0) is 27.6 Å². The van der Waals surface area contributed by atoms with Crippen LogP contribution in [0, 0.1) is 6.07 Å². The third-order valence-electron chi connectivity index (χ3n) is 3.12. The van der Waals surface area contributed by atoms with Crippen LogP contribution in [0.25, 0.3) is 21.5 Å². The molecular weight excluding hydrogens is 206 g/mol. The summed E-state index contributed by atoms with van der Waals surface area (Å²) in [7, 11) is 4.08. The molecule has 0 unspecified atom stereocenters. The number of hydrogen-bond acceptors (Lipinski definition) is 1. The van der Waals surface area contributed by atoms with Gasteiger partial charge >= 0.3 is 0 Å². The maximum Gasteiger partial charge on any atom is 0.0448 e. The van der Waals surface area contributed by atoms with Crippen molar-refractivity contribution in [1.29, 1.82) is 0 Å². The number of nitrogens with zero attached hydrogens (tertiary/aromatic N) is 1. The van der Waals surface area contributed by atoms with E-state index in [0.29, 0.717) is 0 Å². The standard InChI is InChI=1S/C16H14N/c1-17(2)14-9-10-16-13(11-14)8-7-12-5-3-4-6-15(12)16/h3-10H,1-2H3. The van der Waals surface area contributed by atoms with Gasteiger partial charge in [-0.25, -0.2) is 0 Å². The lowest BCUT2D eigenvalue weighted by molar-refractivity contribution is 1.13. The average Bonchev–Trinajstić information content (AvgIpc) is 2.38. The van der Waals surface area contributed by atoms with Crippen LogP contribution in [-0.4, -0.2) is 14.1 Å². The van der Waals surface area contributed by atoms with Crippen LogP contribution in [0.15, 0.2) is 48.5 Å². The van der Waals surface area contributed by atoms with Gasteiger partial charge in [-0.3, -0.25) is 0 Å². The maximum atomic E-state index is 3.44. The Kier molecular flexibility index (Phi) is 2.25. The molecule has 0 N–H and O–H groups in total. The van der Waals surface area contributed by atoms with Gasteiger partial charge in [0, 0.05) is 25.8 Å². The Hall–Kier alpha value is -2.02. The van der Waals surface area contributed by atoms with E-state index < -0.39 is 0 Å². The Balaban J connectivity index is 2.37. The first-order chi connectivity index (χ1) is 8.25. The highest BCUT2D eigenvalue weighted by molar-refractivity contribution is 6.07. The summed E-state index contributed by atoms with van der Waals surface area (Å²) in [6.07, 6.45) is 0. The van der Waals surface area contributed by atoms with E-state index in [9.17, 15) is 0 Å². The monoisotopic (exact) mass is 220 g/mol. The van der Waals surface area contributed by atoms with Crippen LogP contribution in [0.4, 0.5) is 5.69 Å². The fourth-order valence-electron chi connectivity index (χ4n) is 2.19. The summed E-state index contributed by atoms with van der Waals surface area (Å²) in [5.74, 6) is 0. The average molecular weight is 220 g/mol. The molecule has 0 aliphatic rings. The summed E-state index contributed by atoms with van der Waals surface area (Å²) < 4.78 is 0. The number of fused-ring (bicyclic) bond motifs is 3. The zero-order valence-corrected chi connectivity index (χ0v) is 10.1. The lowest BCUT2D eigenvalue weighted by Gasteiger charge is -2.13. The van der Waals surface area contributed by atoms with Gasteiger partial charge in [0.05, 0.1) is 0 Å². The summed E-state index contributed by atoms with van der Waals surface area (Å²) in [5.41, 5.74) is 1.12. The lowest BCUT2D eigenvalue weighted by atomic mass is 10.0. The van der Waals surface area contributed by atoms with Gasteiger partial charge in [-0.1, -0.05) is 42.5 Å². The molecule has 0 bridgehead atoms. The van der Waals surface area contributed by atoms with Crippen molar-refractivity contribution in [3.63, 3.8) is 0 Å². The molecule has 17 heavy (non-hydrogen) atoms. The molecule has 0 saturated carbocycles. The zero-order valence-electron chi connectivity index (χ0n) is 10.1. The fourth-order valence-corrected chi connectivity index (χ4v) is 2.19. The number of anilines is 1. The van der Waals surface area contributed by atoms with Crippen LogP contribution in [-0.2, 0) is 0 Å². The highest BCUT2D eigenvalue weighted by Crippen LogP contribution is 2.27. The Morgan fingerprint density at radius 2 is 1.65 bits per heavy atom. The van der Waals surface area contributed by atoms with E-state index >= 15 is 0 Å². The Morgan fingerprint density at radius 3 is 2.47 bits per heavy atom. The molecular formula is C16H14N. The summed E-state index contributed by atoms with van der Waals surface area (Å²) in [4.78, 5) is 2.08. The minimum absolute atomic E-state index is 1.12. The molecule has 3 aromatic carbocycles. The molecule has 0 heterocycles. The van der Waals surface area contributed by atoms with Crippen molar-refractivity contribution in [2.24, 2.45) is 0 Å².